The number of nitrogens with one attached hydrogen (secondary N) is 1. The molecule has 0 saturated heterocycles. The zero-order valence-corrected chi connectivity index (χ0v) is 16.1. The van der Waals surface area contributed by atoms with E-state index in [0.29, 0.717) is 24.2 Å². The molecule has 0 unspecified atom stereocenters. The first kappa shape index (κ1) is 18.8. The standard InChI is InChI=1S/C19H25N3O3S/c1-3-4-5-14-6-8-15(9-7-14)12-22-11-10-17-16(13-22)18(23)21-19(20-17)26(2,24)25/h6-9H,3-5,10-13H2,1-2H3,(H,20,21,23). The van der Waals surface area contributed by atoms with Gasteiger partial charge in [0.25, 0.3) is 5.56 Å². The number of H-pyrrole nitrogens is 1. The molecule has 1 aromatic heterocycles. The summed E-state index contributed by atoms with van der Waals surface area (Å²) in [5.41, 5.74) is 3.39. The zero-order chi connectivity index (χ0) is 18.7. The van der Waals surface area contributed by atoms with Gasteiger partial charge in [-0.15, -0.1) is 0 Å². The summed E-state index contributed by atoms with van der Waals surface area (Å²) in [5, 5.41) is -0.239. The number of aromatic nitrogens is 2. The summed E-state index contributed by atoms with van der Waals surface area (Å²) in [6.45, 7) is 4.20. The third-order valence-electron chi connectivity index (χ3n) is 4.73. The molecule has 0 amide bonds. The van der Waals surface area contributed by atoms with Crippen molar-refractivity contribution < 1.29 is 8.42 Å². The van der Waals surface area contributed by atoms with E-state index in [1.165, 1.54) is 24.0 Å². The molecule has 1 N–H and O–H groups in total. The highest BCUT2D eigenvalue weighted by Gasteiger charge is 2.23. The number of nitrogens with zero attached hydrogens (tertiary/aromatic N) is 2. The van der Waals surface area contributed by atoms with Crippen molar-refractivity contribution in [2.24, 2.45) is 0 Å². The van der Waals surface area contributed by atoms with Gasteiger partial charge in [-0.25, -0.2) is 13.4 Å². The van der Waals surface area contributed by atoms with Gasteiger partial charge in [0.1, 0.15) is 0 Å². The molecule has 0 spiro atoms. The molecular formula is C19H25N3O3S. The van der Waals surface area contributed by atoms with Crippen molar-refractivity contribution in [3.8, 4) is 0 Å². The smallest absolute Gasteiger partial charge is 0.256 e. The van der Waals surface area contributed by atoms with Crippen LogP contribution >= 0.6 is 0 Å². The summed E-state index contributed by atoms with van der Waals surface area (Å²) in [5.74, 6) is 0. The molecule has 1 aromatic carbocycles. The molecule has 1 aliphatic heterocycles. The van der Waals surface area contributed by atoms with E-state index in [2.05, 4.69) is 46.1 Å². The van der Waals surface area contributed by atoms with Gasteiger partial charge in [0.15, 0.2) is 0 Å². The van der Waals surface area contributed by atoms with Crippen LogP contribution in [0.1, 0.15) is 42.1 Å². The first-order valence-corrected chi connectivity index (χ1v) is 10.9. The number of aryl methyl sites for hydroxylation is 1. The Kier molecular flexibility index (Phi) is 5.58. The van der Waals surface area contributed by atoms with Crippen molar-refractivity contribution in [2.45, 2.75) is 50.9 Å². The lowest BCUT2D eigenvalue weighted by Gasteiger charge is -2.27. The van der Waals surface area contributed by atoms with Crippen LogP contribution in [-0.4, -0.2) is 36.1 Å². The van der Waals surface area contributed by atoms with Gasteiger partial charge in [-0.05, 0) is 24.0 Å². The van der Waals surface area contributed by atoms with Crippen LogP contribution in [0.3, 0.4) is 0 Å². The number of fused-ring (bicyclic) bond motifs is 1. The van der Waals surface area contributed by atoms with Gasteiger partial charge in [0.05, 0.1) is 11.3 Å². The second-order valence-corrected chi connectivity index (χ2v) is 8.88. The van der Waals surface area contributed by atoms with E-state index in [0.717, 1.165) is 25.8 Å². The molecule has 0 saturated carbocycles. The van der Waals surface area contributed by atoms with E-state index < -0.39 is 9.84 Å². The van der Waals surface area contributed by atoms with Crippen molar-refractivity contribution >= 4 is 9.84 Å². The number of rotatable bonds is 6. The largest absolute Gasteiger partial charge is 0.297 e. The maximum Gasteiger partial charge on any atom is 0.256 e. The zero-order valence-electron chi connectivity index (χ0n) is 15.3. The molecule has 0 radical (unpaired) electrons. The molecular weight excluding hydrogens is 350 g/mol. The second kappa shape index (κ2) is 7.72. The van der Waals surface area contributed by atoms with Crippen LogP contribution in [0.5, 0.6) is 0 Å². The highest BCUT2D eigenvalue weighted by atomic mass is 32.2. The van der Waals surface area contributed by atoms with Crippen molar-refractivity contribution in [3.05, 3.63) is 57.0 Å². The molecule has 2 heterocycles. The van der Waals surface area contributed by atoms with Gasteiger partial charge in [-0.2, -0.15) is 0 Å². The molecule has 26 heavy (non-hydrogen) atoms. The van der Waals surface area contributed by atoms with Crippen molar-refractivity contribution in [1.82, 2.24) is 14.9 Å². The average molecular weight is 375 g/mol. The molecule has 1 aliphatic rings. The molecule has 0 fully saturated rings. The molecule has 0 bridgehead atoms. The van der Waals surface area contributed by atoms with Gasteiger partial charge in [-0.3, -0.25) is 14.7 Å². The maximum atomic E-state index is 12.3. The highest BCUT2D eigenvalue weighted by Crippen LogP contribution is 2.18. The summed E-state index contributed by atoms with van der Waals surface area (Å²) in [6, 6.07) is 8.65. The van der Waals surface area contributed by atoms with E-state index in [4.69, 9.17) is 0 Å². The second-order valence-electron chi connectivity index (χ2n) is 6.95. The van der Waals surface area contributed by atoms with Gasteiger partial charge < -0.3 is 0 Å². The van der Waals surface area contributed by atoms with Gasteiger partial charge >= 0.3 is 0 Å². The van der Waals surface area contributed by atoms with Crippen LogP contribution in [-0.2, 0) is 35.8 Å². The number of hydrogen-bond donors (Lipinski definition) is 1. The third-order valence-corrected chi connectivity index (χ3v) is 5.62. The number of benzene rings is 1. The number of unbranched alkanes of at least 4 members (excludes halogenated alkanes) is 1. The SMILES string of the molecule is CCCCc1ccc(CN2CCc3nc(S(C)(=O)=O)[nH]c(=O)c3C2)cc1. The monoisotopic (exact) mass is 375 g/mol. The summed E-state index contributed by atoms with van der Waals surface area (Å²) in [6.07, 6.45) is 5.14. The molecule has 7 heteroatoms. The van der Waals surface area contributed by atoms with Crippen LogP contribution in [0.15, 0.2) is 34.2 Å². The average Bonchev–Trinajstić information content (AvgIpc) is 2.61. The van der Waals surface area contributed by atoms with Crippen molar-refractivity contribution in [2.75, 3.05) is 12.8 Å². The van der Waals surface area contributed by atoms with Gasteiger partial charge in [0, 0.05) is 32.3 Å². The number of sulfone groups is 1. The van der Waals surface area contributed by atoms with Crippen LogP contribution < -0.4 is 5.56 Å². The van der Waals surface area contributed by atoms with Crippen LogP contribution in [0.25, 0.3) is 0 Å². The molecule has 6 nitrogen and oxygen atoms in total. The Hall–Kier alpha value is -1.99. The van der Waals surface area contributed by atoms with E-state index in [9.17, 15) is 13.2 Å². The first-order chi connectivity index (χ1) is 12.4. The van der Waals surface area contributed by atoms with Crippen LogP contribution in [0, 0.1) is 0 Å². The van der Waals surface area contributed by atoms with E-state index in [1.54, 1.807) is 0 Å². The summed E-state index contributed by atoms with van der Waals surface area (Å²) < 4.78 is 23.3. The van der Waals surface area contributed by atoms with E-state index in [-0.39, 0.29) is 10.7 Å². The number of aromatic amines is 1. The molecule has 3 rings (SSSR count). The predicted molar refractivity (Wildman–Crippen MR) is 101 cm³/mol. The summed E-state index contributed by atoms with van der Waals surface area (Å²) in [7, 11) is -3.51. The predicted octanol–water partition coefficient (Wildman–Crippen LogP) is 2.07. The fourth-order valence-electron chi connectivity index (χ4n) is 3.22. The lowest BCUT2D eigenvalue weighted by molar-refractivity contribution is 0.241. The Morgan fingerprint density at radius 2 is 1.88 bits per heavy atom. The first-order valence-electron chi connectivity index (χ1n) is 8.99. The molecule has 0 atom stereocenters. The fraction of sp³-hybridized carbons (Fsp3) is 0.474. The number of hydrogen-bond acceptors (Lipinski definition) is 5. The van der Waals surface area contributed by atoms with Crippen molar-refractivity contribution in [1.29, 1.82) is 0 Å². The Morgan fingerprint density at radius 3 is 2.54 bits per heavy atom. The topological polar surface area (TPSA) is 83.1 Å². The van der Waals surface area contributed by atoms with Gasteiger partial charge in [0.2, 0.25) is 15.0 Å². The quantitative estimate of drug-likeness (QED) is 0.782. The molecule has 0 aliphatic carbocycles. The Balaban J connectivity index is 1.72. The lowest BCUT2D eigenvalue weighted by Crippen LogP contribution is -2.36. The van der Waals surface area contributed by atoms with Crippen molar-refractivity contribution in [3.63, 3.8) is 0 Å². The van der Waals surface area contributed by atoms with Crippen LogP contribution in [0.2, 0.25) is 0 Å². The summed E-state index contributed by atoms with van der Waals surface area (Å²) in [4.78, 5) is 21.0. The highest BCUT2D eigenvalue weighted by molar-refractivity contribution is 7.90. The van der Waals surface area contributed by atoms with E-state index in [1.807, 2.05) is 0 Å². The Bertz CT molecular complexity index is 933. The minimum absolute atomic E-state index is 0.239. The summed E-state index contributed by atoms with van der Waals surface area (Å²) >= 11 is 0. The Labute approximate surface area is 154 Å². The van der Waals surface area contributed by atoms with Crippen LogP contribution in [0.4, 0.5) is 0 Å². The fourth-order valence-corrected chi connectivity index (χ4v) is 3.77. The molecule has 2 aromatic rings. The minimum atomic E-state index is -3.51. The van der Waals surface area contributed by atoms with E-state index >= 15 is 0 Å². The maximum absolute atomic E-state index is 12.3. The third kappa shape index (κ3) is 4.40. The minimum Gasteiger partial charge on any atom is -0.297 e. The lowest BCUT2D eigenvalue weighted by atomic mass is 10.0. The normalized spacial score (nSPS) is 15.0. The molecule has 140 valence electrons. The van der Waals surface area contributed by atoms with Gasteiger partial charge in [-0.1, -0.05) is 37.6 Å². The Morgan fingerprint density at radius 1 is 1.19 bits per heavy atom.